The molecular formula is C28H36ClN3O3. The molecule has 6 nitrogen and oxygen atoms in total. The van der Waals surface area contributed by atoms with Crippen LogP contribution in [0, 0.1) is 0 Å². The summed E-state index contributed by atoms with van der Waals surface area (Å²) in [4.78, 5) is 30.3. The molecule has 1 aliphatic heterocycles. The maximum absolute atomic E-state index is 13.6. The second kappa shape index (κ2) is 12.3. The van der Waals surface area contributed by atoms with Crippen LogP contribution in [0.15, 0.2) is 48.5 Å². The van der Waals surface area contributed by atoms with E-state index in [0.29, 0.717) is 16.8 Å². The highest BCUT2D eigenvalue weighted by molar-refractivity contribution is 6.30. The number of benzene rings is 2. The molecule has 2 aromatic carbocycles. The predicted octanol–water partition coefficient (Wildman–Crippen LogP) is 5.30. The lowest BCUT2D eigenvalue weighted by Gasteiger charge is -2.37. The van der Waals surface area contributed by atoms with Crippen molar-refractivity contribution in [2.75, 3.05) is 31.1 Å². The molecule has 0 aromatic heterocycles. The molecular weight excluding hydrogens is 462 g/mol. The third-order valence-corrected chi connectivity index (χ3v) is 7.39. The second-order valence-electron chi connectivity index (χ2n) is 9.47. The molecule has 1 aliphatic carbocycles. The molecule has 0 spiro atoms. The minimum absolute atomic E-state index is 0.0206. The van der Waals surface area contributed by atoms with Crippen molar-refractivity contribution in [2.24, 2.45) is 0 Å². The van der Waals surface area contributed by atoms with Crippen molar-refractivity contribution < 1.29 is 14.3 Å². The monoisotopic (exact) mass is 497 g/mol. The first-order valence-corrected chi connectivity index (χ1v) is 13.3. The van der Waals surface area contributed by atoms with Gasteiger partial charge in [0.25, 0.3) is 11.8 Å². The fourth-order valence-electron chi connectivity index (χ4n) is 5.26. The van der Waals surface area contributed by atoms with Crippen LogP contribution in [0.1, 0.15) is 62.2 Å². The quantitative estimate of drug-likeness (QED) is 0.537. The molecule has 0 bridgehead atoms. The largest absolute Gasteiger partial charge is 0.484 e. The molecule has 2 aromatic rings. The second-order valence-corrected chi connectivity index (χ2v) is 9.91. The lowest BCUT2D eigenvalue weighted by molar-refractivity contribution is -0.123. The van der Waals surface area contributed by atoms with Crippen molar-refractivity contribution in [3.05, 3.63) is 59.1 Å². The van der Waals surface area contributed by atoms with Crippen LogP contribution in [0.4, 0.5) is 5.69 Å². The van der Waals surface area contributed by atoms with Crippen LogP contribution in [-0.2, 0) is 4.79 Å². The molecule has 1 heterocycles. The van der Waals surface area contributed by atoms with E-state index in [0.717, 1.165) is 56.6 Å². The minimum Gasteiger partial charge on any atom is -0.484 e. The van der Waals surface area contributed by atoms with Crippen molar-refractivity contribution >= 4 is 29.1 Å². The Balaban J connectivity index is 1.31. The molecule has 0 unspecified atom stereocenters. The number of hydrogen-bond acceptors (Lipinski definition) is 4. The van der Waals surface area contributed by atoms with E-state index in [1.54, 1.807) is 24.3 Å². The topological polar surface area (TPSA) is 61.9 Å². The van der Waals surface area contributed by atoms with Gasteiger partial charge in [0, 0.05) is 42.4 Å². The molecule has 1 N–H and O–H groups in total. The van der Waals surface area contributed by atoms with Gasteiger partial charge >= 0.3 is 0 Å². The minimum atomic E-state index is -0.125. The van der Waals surface area contributed by atoms with Gasteiger partial charge in [0.05, 0.1) is 5.56 Å². The van der Waals surface area contributed by atoms with E-state index in [4.69, 9.17) is 16.3 Å². The average molecular weight is 498 g/mol. The van der Waals surface area contributed by atoms with E-state index in [9.17, 15) is 9.59 Å². The first-order valence-electron chi connectivity index (χ1n) is 12.9. The molecule has 188 valence electrons. The summed E-state index contributed by atoms with van der Waals surface area (Å²) in [5.41, 5.74) is 1.79. The Kier molecular flexibility index (Phi) is 8.91. The Hall–Kier alpha value is -2.73. The Morgan fingerprint density at radius 1 is 1.00 bits per heavy atom. The molecule has 2 aliphatic rings. The van der Waals surface area contributed by atoms with Crippen LogP contribution in [0.25, 0.3) is 0 Å². The number of carbonyl (C=O) groups is 2. The van der Waals surface area contributed by atoms with Crippen molar-refractivity contribution in [2.45, 2.75) is 64.0 Å². The summed E-state index contributed by atoms with van der Waals surface area (Å²) in [6, 6.07) is 15.4. The Labute approximate surface area is 213 Å². The van der Waals surface area contributed by atoms with Crippen molar-refractivity contribution in [3.63, 3.8) is 0 Å². The van der Waals surface area contributed by atoms with E-state index in [1.807, 2.05) is 18.2 Å². The summed E-state index contributed by atoms with van der Waals surface area (Å²) in [6.45, 7) is 4.39. The normalized spacial score (nSPS) is 17.1. The standard InChI is InChI=1S/C28H36ClN3O3/c1-2-32(23-8-4-3-5-9-23)28(34)25-10-6-7-11-26(25)31-18-16-22(17-19-31)30-27(33)20-35-24-14-12-21(29)13-15-24/h6-7,10-15,22-23H,2-5,8-9,16-20H2,1H3,(H,30,33). The number of para-hydroxylation sites is 1. The molecule has 2 amide bonds. The van der Waals surface area contributed by atoms with E-state index < -0.39 is 0 Å². The third-order valence-electron chi connectivity index (χ3n) is 7.14. The zero-order valence-corrected chi connectivity index (χ0v) is 21.3. The third kappa shape index (κ3) is 6.69. The number of hydrogen-bond donors (Lipinski definition) is 1. The molecule has 1 saturated carbocycles. The van der Waals surface area contributed by atoms with Gasteiger partial charge in [-0.1, -0.05) is 43.0 Å². The Morgan fingerprint density at radius 3 is 2.37 bits per heavy atom. The fourth-order valence-corrected chi connectivity index (χ4v) is 5.39. The lowest BCUT2D eigenvalue weighted by Crippen LogP contribution is -2.46. The average Bonchev–Trinajstić information content (AvgIpc) is 2.90. The number of nitrogens with zero attached hydrogens (tertiary/aromatic N) is 2. The molecule has 35 heavy (non-hydrogen) atoms. The molecule has 0 radical (unpaired) electrons. The number of anilines is 1. The number of carbonyl (C=O) groups excluding carboxylic acids is 2. The molecule has 1 saturated heterocycles. The van der Waals surface area contributed by atoms with Crippen molar-refractivity contribution in [3.8, 4) is 5.75 Å². The lowest BCUT2D eigenvalue weighted by atomic mass is 9.93. The zero-order valence-electron chi connectivity index (χ0n) is 20.5. The van der Waals surface area contributed by atoms with E-state index >= 15 is 0 Å². The van der Waals surface area contributed by atoms with Crippen LogP contribution in [0.2, 0.25) is 5.02 Å². The first-order chi connectivity index (χ1) is 17.0. The van der Waals surface area contributed by atoms with Crippen LogP contribution < -0.4 is 15.0 Å². The molecule has 4 rings (SSSR count). The highest BCUT2D eigenvalue weighted by atomic mass is 35.5. The van der Waals surface area contributed by atoms with Gasteiger partial charge in [0.2, 0.25) is 0 Å². The summed E-state index contributed by atoms with van der Waals surface area (Å²) in [5.74, 6) is 0.639. The number of nitrogens with one attached hydrogen (secondary N) is 1. The Morgan fingerprint density at radius 2 is 1.69 bits per heavy atom. The first kappa shape index (κ1) is 25.4. The highest BCUT2D eigenvalue weighted by Crippen LogP contribution is 2.29. The number of ether oxygens (including phenoxy) is 1. The summed E-state index contributed by atoms with van der Waals surface area (Å²) < 4.78 is 5.56. The summed E-state index contributed by atoms with van der Waals surface area (Å²) in [5, 5.41) is 3.72. The molecule has 7 heteroatoms. The SMILES string of the molecule is CCN(C(=O)c1ccccc1N1CCC(NC(=O)COc2ccc(Cl)cc2)CC1)C1CCCCC1. The summed E-state index contributed by atoms with van der Waals surface area (Å²) in [7, 11) is 0. The van der Waals surface area contributed by atoms with Gasteiger partial charge in [-0.25, -0.2) is 0 Å². The number of amides is 2. The van der Waals surface area contributed by atoms with Crippen molar-refractivity contribution in [1.29, 1.82) is 0 Å². The van der Waals surface area contributed by atoms with Gasteiger partial charge in [-0.15, -0.1) is 0 Å². The van der Waals surface area contributed by atoms with Gasteiger partial charge < -0.3 is 19.9 Å². The maximum Gasteiger partial charge on any atom is 0.258 e. The molecule has 2 fully saturated rings. The number of piperidine rings is 1. The van der Waals surface area contributed by atoms with Gasteiger partial charge in [-0.05, 0) is 69.0 Å². The Bertz CT molecular complexity index is 983. The van der Waals surface area contributed by atoms with E-state index in [2.05, 4.69) is 28.1 Å². The van der Waals surface area contributed by atoms with Crippen LogP contribution >= 0.6 is 11.6 Å². The summed E-state index contributed by atoms with van der Waals surface area (Å²) in [6.07, 6.45) is 7.56. The molecule has 0 atom stereocenters. The van der Waals surface area contributed by atoms with Gasteiger partial charge in [0.1, 0.15) is 5.75 Å². The zero-order chi connectivity index (χ0) is 24.6. The smallest absolute Gasteiger partial charge is 0.258 e. The predicted molar refractivity (Wildman–Crippen MR) is 140 cm³/mol. The maximum atomic E-state index is 13.6. The van der Waals surface area contributed by atoms with E-state index in [1.165, 1.54) is 19.3 Å². The van der Waals surface area contributed by atoms with Crippen LogP contribution in [0.5, 0.6) is 5.75 Å². The number of halogens is 1. The van der Waals surface area contributed by atoms with Gasteiger partial charge in [0.15, 0.2) is 6.61 Å². The highest BCUT2D eigenvalue weighted by Gasteiger charge is 2.29. The number of rotatable bonds is 8. The fraction of sp³-hybridized carbons (Fsp3) is 0.500. The van der Waals surface area contributed by atoms with Gasteiger partial charge in [-0.3, -0.25) is 9.59 Å². The van der Waals surface area contributed by atoms with Crippen LogP contribution in [0.3, 0.4) is 0 Å². The van der Waals surface area contributed by atoms with E-state index in [-0.39, 0.29) is 24.5 Å². The van der Waals surface area contributed by atoms with Gasteiger partial charge in [-0.2, -0.15) is 0 Å². The van der Waals surface area contributed by atoms with Crippen molar-refractivity contribution in [1.82, 2.24) is 10.2 Å². The summed E-state index contributed by atoms with van der Waals surface area (Å²) >= 11 is 5.88. The van der Waals surface area contributed by atoms with Crippen LogP contribution in [-0.4, -0.2) is 55.0 Å².